The van der Waals surface area contributed by atoms with Gasteiger partial charge in [0.2, 0.25) is 0 Å². The van der Waals surface area contributed by atoms with Crippen LogP contribution < -0.4 is 0 Å². The molecule has 2 fully saturated rings. The molecule has 0 radical (unpaired) electrons. The summed E-state index contributed by atoms with van der Waals surface area (Å²) in [7, 11) is 0. The highest BCUT2D eigenvalue weighted by Gasteiger charge is 2.29. The Morgan fingerprint density at radius 2 is 1.88 bits per heavy atom. The summed E-state index contributed by atoms with van der Waals surface area (Å²) >= 11 is 5.99. The summed E-state index contributed by atoms with van der Waals surface area (Å²) in [4.78, 5) is 12.2. The maximum atomic E-state index is 12.2. The van der Waals surface area contributed by atoms with E-state index in [0.717, 1.165) is 18.7 Å². The van der Waals surface area contributed by atoms with E-state index in [2.05, 4.69) is 12.8 Å². The van der Waals surface area contributed by atoms with Gasteiger partial charge in [0, 0.05) is 18.3 Å². The second kappa shape index (κ2) is 6.05. The van der Waals surface area contributed by atoms with Crippen molar-refractivity contribution in [2.24, 2.45) is 0 Å². The molecule has 0 atom stereocenters. The molecule has 2 amide bonds. The molecule has 0 aromatic rings. The molecule has 1 heterocycles. The third kappa shape index (κ3) is 3.00. The van der Waals surface area contributed by atoms with Crippen molar-refractivity contribution in [3.05, 3.63) is 0 Å². The van der Waals surface area contributed by atoms with E-state index in [1.807, 2.05) is 4.31 Å². The molecule has 16 heavy (non-hydrogen) atoms. The van der Waals surface area contributed by atoms with Crippen molar-refractivity contribution < 1.29 is 4.79 Å². The summed E-state index contributed by atoms with van der Waals surface area (Å²) < 4.78 is 3.58. The number of hydrogen-bond donors (Lipinski definition) is 1. The van der Waals surface area contributed by atoms with Crippen LogP contribution in [-0.2, 0) is 0 Å². The highest BCUT2D eigenvalue weighted by molar-refractivity contribution is 7.97. The Labute approximate surface area is 108 Å². The lowest BCUT2D eigenvalue weighted by molar-refractivity contribution is 0.188. The standard InChI is InChI=1S/C11H20N2OS2/c14-11-12(15)8-4-5-9-16-13(11)10-6-2-1-3-7-10/h10,15H,1-9H2. The molecule has 1 saturated heterocycles. The van der Waals surface area contributed by atoms with Gasteiger partial charge in [0.05, 0.1) is 0 Å². The summed E-state index contributed by atoms with van der Waals surface area (Å²) in [6.45, 7) is 0.783. The Morgan fingerprint density at radius 3 is 2.62 bits per heavy atom. The van der Waals surface area contributed by atoms with Gasteiger partial charge in [-0.3, -0.25) is 8.61 Å². The highest BCUT2D eigenvalue weighted by atomic mass is 32.2. The summed E-state index contributed by atoms with van der Waals surface area (Å²) in [6, 6.07) is 0.541. The van der Waals surface area contributed by atoms with Gasteiger partial charge in [0.25, 0.3) is 0 Å². The van der Waals surface area contributed by atoms with E-state index < -0.39 is 0 Å². The second-order valence-electron chi connectivity index (χ2n) is 4.56. The fourth-order valence-corrected chi connectivity index (χ4v) is 3.83. The van der Waals surface area contributed by atoms with Crippen molar-refractivity contribution in [1.82, 2.24) is 8.61 Å². The average molecular weight is 260 g/mol. The SMILES string of the molecule is O=C1N(S)CCCCSN1C1CCCCC1. The fourth-order valence-electron chi connectivity index (χ4n) is 2.37. The molecule has 0 aromatic carbocycles. The van der Waals surface area contributed by atoms with Gasteiger partial charge in [-0.1, -0.05) is 32.1 Å². The first kappa shape index (κ1) is 12.4. The van der Waals surface area contributed by atoms with E-state index in [-0.39, 0.29) is 6.03 Å². The molecule has 0 bridgehead atoms. The molecule has 0 N–H and O–H groups in total. The fraction of sp³-hybridized carbons (Fsp3) is 0.909. The Morgan fingerprint density at radius 1 is 1.12 bits per heavy atom. The maximum Gasteiger partial charge on any atom is 0.340 e. The van der Waals surface area contributed by atoms with Crippen LogP contribution in [0.1, 0.15) is 44.9 Å². The molecule has 0 unspecified atom stereocenters. The summed E-state index contributed by atoms with van der Waals surface area (Å²) in [5.74, 6) is 1.07. The molecular formula is C11H20N2OS2. The van der Waals surface area contributed by atoms with Crippen LogP contribution in [0.3, 0.4) is 0 Å². The minimum absolute atomic E-state index is 0.0972. The maximum absolute atomic E-state index is 12.2. The van der Waals surface area contributed by atoms with E-state index >= 15 is 0 Å². The monoisotopic (exact) mass is 260 g/mol. The topological polar surface area (TPSA) is 23.6 Å². The highest BCUT2D eigenvalue weighted by Crippen LogP contribution is 2.30. The molecule has 0 spiro atoms. The predicted octanol–water partition coefficient (Wildman–Crippen LogP) is 3.33. The number of urea groups is 1. The Balaban J connectivity index is 2.00. The zero-order valence-electron chi connectivity index (χ0n) is 9.60. The third-order valence-corrected chi connectivity index (χ3v) is 4.89. The molecule has 1 aliphatic heterocycles. The Kier molecular flexibility index (Phi) is 4.70. The van der Waals surface area contributed by atoms with Crippen molar-refractivity contribution in [1.29, 1.82) is 0 Å². The van der Waals surface area contributed by atoms with Gasteiger partial charge >= 0.3 is 6.03 Å². The molecule has 1 aliphatic carbocycles. The molecule has 5 heteroatoms. The average Bonchev–Trinajstić information content (AvgIpc) is 2.32. The van der Waals surface area contributed by atoms with Crippen molar-refractivity contribution in [3.8, 4) is 0 Å². The van der Waals surface area contributed by atoms with Gasteiger partial charge in [0.1, 0.15) is 0 Å². The van der Waals surface area contributed by atoms with Crippen LogP contribution >= 0.6 is 24.8 Å². The summed E-state index contributed by atoms with van der Waals surface area (Å²) in [6.07, 6.45) is 8.44. The smallest absolute Gasteiger partial charge is 0.270 e. The van der Waals surface area contributed by atoms with Crippen molar-refractivity contribution in [3.63, 3.8) is 0 Å². The largest absolute Gasteiger partial charge is 0.340 e. The zero-order valence-corrected chi connectivity index (χ0v) is 11.3. The quantitative estimate of drug-likeness (QED) is 0.577. The molecule has 92 valence electrons. The van der Waals surface area contributed by atoms with Gasteiger partial charge in [-0.2, -0.15) is 0 Å². The van der Waals surface area contributed by atoms with Crippen LogP contribution in [0, 0.1) is 0 Å². The summed E-state index contributed by atoms with van der Waals surface area (Å²) in [5, 5.41) is 0. The number of rotatable bonds is 1. The minimum atomic E-state index is 0.0972. The molecule has 0 aromatic heterocycles. The number of amides is 2. The van der Waals surface area contributed by atoms with E-state index in [4.69, 9.17) is 0 Å². The van der Waals surface area contributed by atoms with Gasteiger partial charge in [-0.15, -0.1) is 0 Å². The number of thiol groups is 1. The minimum Gasteiger partial charge on any atom is -0.270 e. The van der Waals surface area contributed by atoms with E-state index in [1.54, 1.807) is 16.3 Å². The van der Waals surface area contributed by atoms with Crippen molar-refractivity contribution in [2.75, 3.05) is 12.3 Å². The summed E-state index contributed by atoms with van der Waals surface area (Å²) in [5.41, 5.74) is 0. The lowest BCUT2D eigenvalue weighted by Gasteiger charge is -2.36. The first-order valence-electron chi connectivity index (χ1n) is 6.21. The normalized spacial score (nSPS) is 25.4. The van der Waals surface area contributed by atoms with Crippen LogP contribution in [0.5, 0.6) is 0 Å². The third-order valence-electron chi connectivity index (χ3n) is 3.31. The van der Waals surface area contributed by atoms with Crippen LogP contribution in [-0.4, -0.2) is 33.0 Å². The van der Waals surface area contributed by atoms with E-state index in [9.17, 15) is 4.79 Å². The Hall–Kier alpha value is -0.0300. The number of nitrogens with zero attached hydrogens (tertiary/aromatic N) is 2. The van der Waals surface area contributed by atoms with Crippen LogP contribution in [0.4, 0.5) is 4.79 Å². The van der Waals surface area contributed by atoms with Crippen molar-refractivity contribution in [2.45, 2.75) is 51.0 Å². The van der Waals surface area contributed by atoms with Gasteiger partial charge in [-0.25, -0.2) is 4.79 Å². The lowest BCUT2D eigenvalue weighted by atomic mass is 9.96. The predicted molar refractivity (Wildman–Crippen MR) is 71.5 cm³/mol. The van der Waals surface area contributed by atoms with Gasteiger partial charge < -0.3 is 0 Å². The second-order valence-corrected chi connectivity index (χ2v) is 6.11. The zero-order chi connectivity index (χ0) is 11.4. The first-order valence-corrected chi connectivity index (χ1v) is 7.56. The molecule has 1 saturated carbocycles. The van der Waals surface area contributed by atoms with Gasteiger partial charge in [-0.05, 0) is 37.6 Å². The Bertz CT molecular complexity index is 244. The van der Waals surface area contributed by atoms with Crippen molar-refractivity contribution >= 4 is 30.8 Å². The molecular weight excluding hydrogens is 240 g/mol. The van der Waals surface area contributed by atoms with Crippen LogP contribution in [0.25, 0.3) is 0 Å². The van der Waals surface area contributed by atoms with Gasteiger partial charge in [0.15, 0.2) is 0 Å². The van der Waals surface area contributed by atoms with E-state index in [0.29, 0.717) is 6.04 Å². The van der Waals surface area contributed by atoms with E-state index in [1.165, 1.54) is 38.5 Å². The number of carbonyl (C=O) groups is 1. The molecule has 3 nitrogen and oxygen atoms in total. The molecule has 2 aliphatic rings. The molecule has 2 rings (SSSR count). The lowest BCUT2D eigenvalue weighted by Crippen LogP contribution is -2.43. The first-order chi connectivity index (χ1) is 7.79. The number of carbonyl (C=O) groups excluding carboxylic acids is 1. The number of hydrogen-bond acceptors (Lipinski definition) is 3. The van der Waals surface area contributed by atoms with Crippen LogP contribution in [0.15, 0.2) is 0 Å². The van der Waals surface area contributed by atoms with Crippen LogP contribution in [0.2, 0.25) is 0 Å².